The quantitative estimate of drug-likeness (QED) is 0.904. The van der Waals surface area contributed by atoms with Gasteiger partial charge in [0.25, 0.3) is 10.0 Å². The molecule has 0 aliphatic carbocycles. The van der Waals surface area contributed by atoms with Crippen LogP contribution >= 0.6 is 11.3 Å². The smallest absolute Gasteiger partial charge is 0.252 e. The fourth-order valence-corrected chi connectivity index (χ4v) is 5.45. The third kappa shape index (κ3) is 3.18. The first-order valence-corrected chi connectivity index (χ1v) is 8.99. The molecule has 108 valence electrons. The van der Waals surface area contributed by atoms with E-state index in [2.05, 4.69) is 13.8 Å². The van der Waals surface area contributed by atoms with Crippen molar-refractivity contribution in [3.63, 3.8) is 0 Å². The van der Waals surface area contributed by atoms with Gasteiger partial charge in [-0.1, -0.05) is 13.8 Å². The molecule has 1 fully saturated rings. The average Bonchev–Trinajstić information content (AvgIpc) is 2.98. The van der Waals surface area contributed by atoms with Crippen molar-refractivity contribution in [2.75, 3.05) is 19.6 Å². The largest absolute Gasteiger partial charge is 0.330 e. The standard InChI is InChI=1S/C13H22N2O2S2/c1-10(2)11-6-8-15(9-11)19(16,17)13-4-3-12(18-13)5-7-14/h3-4,10-11H,5-9,14H2,1-2H3. The lowest BCUT2D eigenvalue weighted by Crippen LogP contribution is -2.28. The predicted molar refractivity (Wildman–Crippen MR) is 78.8 cm³/mol. The van der Waals surface area contributed by atoms with Gasteiger partial charge in [-0.2, -0.15) is 4.31 Å². The lowest BCUT2D eigenvalue weighted by molar-refractivity contribution is 0.389. The maximum atomic E-state index is 12.5. The van der Waals surface area contributed by atoms with Crippen LogP contribution in [0.5, 0.6) is 0 Å². The molecule has 1 aliphatic rings. The van der Waals surface area contributed by atoms with Crippen LogP contribution in [0.3, 0.4) is 0 Å². The summed E-state index contributed by atoms with van der Waals surface area (Å²) in [5.41, 5.74) is 5.50. The Kier molecular flexibility index (Phi) is 4.66. The average molecular weight is 302 g/mol. The molecule has 0 saturated carbocycles. The van der Waals surface area contributed by atoms with Gasteiger partial charge in [0, 0.05) is 18.0 Å². The molecule has 1 aromatic heterocycles. The molecule has 0 spiro atoms. The second kappa shape index (κ2) is 5.91. The molecular weight excluding hydrogens is 280 g/mol. The topological polar surface area (TPSA) is 63.4 Å². The molecular formula is C13H22N2O2S2. The molecule has 0 aromatic carbocycles. The Labute approximate surface area is 119 Å². The minimum atomic E-state index is -3.29. The van der Waals surface area contributed by atoms with Gasteiger partial charge in [0.05, 0.1) is 0 Å². The summed E-state index contributed by atoms with van der Waals surface area (Å²) in [6, 6.07) is 3.59. The molecule has 1 saturated heterocycles. The molecule has 6 heteroatoms. The summed E-state index contributed by atoms with van der Waals surface area (Å²) < 4.78 is 27.1. The van der Waals surface area contributed by atoms with Crippen molar-refractivity contribution < 1.29 is 8.42 Å². The number of thiophene rings is 1. The highest BCUT2D eigenvalue weighted by molar-refractivity contribution is 7.91. The fraction of sp³-hybridized carbons (Fsp3) is 0.692. The van der Waals surface area contributed by atoms with Crippen LogP contribution in [0.1, 0.15) is 25.1 Å². The molecule has 1 unspecified atom stereocenters. The summed E-state index contributed by atoms with van der Waals surface area (Å²) in [5, 5.41) is 0. The van der Waals surface area contributed by atoms with Gasteiger partial charge in [0.2, 0.25) is 0 Å². The van der Waals surface area contributed by atoms with Crippen LogP contribution in [0.2, 0.25) is 0 Å². The Morgan fingerprint density at radius 1 is 1.47 bits per heavy atom. The molecule has 1 atom stereocenters. The maximum absolute atomic E-state index is 12.5. The highest BCUT2D eigenvalue weighted by Gasteiger charge is 2.34. The first kappa shape index (κ1) is 15.0. The summed E-state index contributed by atoms with van der Waals surface area (Å²) in [6.45, 7) is 6.18. The summed E-state index contributed by atoms with van der Waals surface area (Å²) in [5.74, 6) is 1.02. The van der Waals surface area contributed by atoms with E-state index in [0.717, 1.165) is 17.7 Å². The third-order valence-electron chi connectivity index (χ3n) is 3.75. The van der Waals surface area contributed by atoms with Crippen molar-refractivity contribution in [1.29, 1.82) is 0 Å². The Balaban J connectivity index is 2.14. The third-order valence-corrected chi connectivity index (χ3v) is 7.23. The Bertz CT molecular complexity index is 523. The van der Waals surface area contributed by atoms with Crippen molar-refractivity contribution in [2.24, 2.45) is 17.6 Å². The van der Waals surface area contributed by atoms with E-state index >= 15 is 0 Å². The van der Waals surface area contributed by atoms with Gasteiger partial charge >= 0.3 is 0 Å². The predicted octanol–water partition coefficient (Wildman–Crippen LogP) is 1.92. The van der Waals surface area contributed by atoms with E-state index in [0.29, 0.717) is 35.7 Å². The number of rotatable bonds is 5. The summed E-state index contributed by atoms with van der Waals surface area (Å²) in [4.78, 5) is 1.04. The zero-order valence-corrected chi connectivity index (χ0v) is 13.1. The normalized spacial score (nSPS) is 21.4. The van der Waals surface area contributed by atoms with Crippen LogP contribution in [-0.2, 0) is 16.4 Å². The molecule has 0 bridgehead atoms. The van der Waals surface area contributed by atoms with E-state index in [1.807, 2.05) is 6.07 Å². The summed E-state index contributed by atoms with van der Waals surface area (Å²) in [6.07, 6.45) is 1.72. The van der Waals surface area contributed by atoms with Crippen LogP contribution in [0.25, 0.3) is 0 Å². The first-order valence-electron chi connectivity index (χ1n) is 6.74. The van der Waals surface area contributed by atoms with Crippen molar-refractivity contribution in [3.05, 3.63) is 17.0 Å². The van der Waals surface area contributed by atoms with E-state index < -0.39 is 10.0 Å². The van der Waals surface area contributed by atoms with E-state index in [1.165, 1.54) is 11.3 Å². The molecule has 2 heterocycles. The van der Waals surface area contributed by atoms with E-state index in [-0.39, 0.29) is 0 Å². The lowest BCUT2D eigenvalue weighted by atomic mass is 9.96. The van der Waals surface area contributed by atoms with Crippen LogP contribution < -0.4 is 5.73 Å². The fourth-order valence-electron chi connectivity index (χ4n) is 2.42. The molecule has 1 aliphatic heterocycles. The van der Waals surface area contributed by atoms with Crippen molar-refractivity contribution >= 4 is 21.4 Å². The molecule has 0 radical (unpaired) electrons. The van der Waals surface area contributed by atoms with Crippen molar-refractivity contribution in [1.82, 2.24) is 4.31 Å². The zero-order chi connectivity index (χ0) is 14.0. The number of hydrogen-bond acceptors (Lipinski definition) is 4. The van der Waals surface area contributed by atoms with Gasteiger partial charge in [-0.15, -0.1) is 11.3 Å². The minimum absolute atomic E-state index is 0.459. The Hall–Kier alpha value is -0.430. The van der Waals surface area contributed by atoms with E-state index in [1.54, 1.807) is 10.4 Å². The highest BCUT2D eigenvalue weighted by Crippen LogP contribution is 2.31. The van der Waals surface area contributed by atoms with Crippen LogP contribution in [0.15, 0.2) is 16.3 Å². The van der Waals surface area contributed by atoms with E-state index in [4.69, 9.17) is 5.73 Å². The Morgan fingerprint density at radius 3 is 2.79 bits per heavy atom. The van der Waals surface area contributed by atoms with Gasteiger partial charge in [0.15, 0.2) is 0 Å². The van der Waals surface area contributed by atoms with Gasteiger partial charge in [-0.3, -0.25) is 0 Å². The van der Waals surface area contributed by atoms with Crippen LogP contribution in [0.4, 0.5) is 0 Å². The summed E-state index contributed by atoms with van der Waals surface area (Å²) in [7, 11) is -3.29. The van der Waals surface area contributed by atoms with Gasteiger partial charge < -0.3 is 5.73 Å². The van der Waals surface area contributed by atoms with Crippen LogP contribution in [0, 0.1) is 11.8 Å². The molecule has 2 rings (SSSR count). The van der Waals surface area contributed by atoms with Crippen LogP contribution in [-0.4, -0.2) is 32.4 Å². The lowest BCUT2D eigenvalue weighted by Gasteiger charge is -2.17. The monoisotopic (exact) mass is 302 g/mol. The molecule has 4 nitrogen and oxygen atoms in total. The molecule has 2 N–H and O–H groups in total. The number of sulfonamides is 1. The minimum Gasteiger partial charge on any atom is -0.330 e. The van der Waals surface area contributed by atoms with Gasteiger partial charge in [-0.05, 0) is 43.4 Å². The summed E-state index contributed by atoms with van der Waals surface area (Å²) >= 11 is 1.35. The highest BCUT2D eigenvalue weighted by atomic mass is 32.2. The zero-order valence-electron chi connectivity index (χ0n) is 11.5. The Morgan fingerprint density at radius 2 is 2.21 bits per heavy atom. The number of nitrogens with two attached hydrogens (primary N) is 1. The van der Waals surface area contributed by atoms with Crippen molar-refractivity contribution in [3.8, 4) is 0 Å². The van der Waals surface area contributed by atoms with Gasteiger partial charge in [0.1, 0.15) is 4.21 Å². The number of hydrogen-bond donors (Lipinski definition) is 1. The molecule has 0 amide bonds. The number of nitrogens with zero attached hydrogens (tertiary/aromatic N) is 1. The van der Waals surface area contributed by atoms with Crippen molar-refractivity contribution in [2.45, 2.75) is 30.9 Å². The first-order chi connectivity index (χ1) is 8.95. The molecule has 1 aromatic rings. The van der Waals surface area contributed by atoms with Gasteiger partial charge in [-0.25, -0.2) is 8.42 Å². The molecule has 19 heavy (non-hydrogen) atoms. The maximum Gasteiger partial charge on any atom is 0.252 e. The second-order valence-corrected chi connectivity index (χ2v) is 8.75. The SMILES string of the molecule is CC(C)C1CCN(S(=O)(=O)c2ccc(CCN)s2)C1. The second-order valence-electron chi connectivity index (χ2n) is 5.42. The van der Waals surface area contributed by atoms with E-state index in [9.17, 15) is 8.42 Å².